The van der Waals surface area contributed by atoms with E-state index in [2.05, 4.69) is 9.71 Å². The maximum Gasteiger partial charge on any atom is 0.240 e. The van der Waals surface area contributed by atoms with Crippen molar-refractivity contribution in [1.82, 2.24) is 9.71 Å². The van der Waals surface area contributed by atoms with Gasteiger partial charge in [-0.2, -0.15) is 0 Å². The van der Waals surface area contributed by atoms with Crippen LogP contribution in [0.1, 0.15) is 29.2 Å². The largest absolute Gasteiger partial charge is 0.324 e. The van der Waals surface area contributed by atoms with Crippen LogP contribution >= 0.6 is 11.3 Å². The first-order valence-corrected chi connectivity index (χ1v) is 8.51. The molecule has 7 heteroatoms. The highest BCUT2D eigenvalue weighted by Crippen LogP contribution is 2.15. The van der Waals surface area contributed by atoms with Crippen LogP contribution in [-0.2, 0) is 16.6 Å². The number of aromatic nitrogens is 1. The number of aryl methyl sites for hydroxylation is 1. The third-order valence-electron chi connectivity index (χ3n) is 2.80. The quantitative estimate of drug-likeness (QED) is 0.884. The maximum atomic E-state index is 12.1. The molecule has 0 aliphatic rings. The summed E-state index contributed by atoms with van der Waals surface area (Å²) in [7, 11) is -3.52. The molecule has 3 N–H and O–H groups in total. The van der Waals surface area contributed by atoms with E-state index in [1.54, 1.807) is 24.3 Å². The van der Waals surface area contributed by atoms with Gasteiger partial charge in [0.1, 0.15) is 5.01 Å². The van der Waals surface area contributed by atoms with Gasteiger partial charge in [0.15, 0.2) is 0 Å². The first-order valence-electron chi connectivity index (χ1n) is 6.15. The molecule has 0 spiro atoms. The second-order valence-corrected chi connectivity index (χ2v) is 7.27. The zero-order valence-electron chi connectivity index (χ0n) is 11.3. The van der Waals surface area contributed by atoms with E-state index in [0.29, 0.717) is 0 Å². The molecule has 1 atom stereocenters. The molecule has 20 heavy (non-hydrogen) atoms. The first-order chi connectivity index (χ1) is 9.38. The summed E-state index contributed by atoms with van der Waals surface area (Å²) in [5.41, 5.74) is 7.53. The number of benzene rings is 1. The lowest BCUT2D eigenvalue weighted by Gasteiger charge is -2.08. The molecule has 0 radical (unpaired) electrons. The number of thiazole rings is 1. The van der Waals surface area contributed by atoms with E-state index in [1.807, 2.05) is 19.2 Å². The lowest BCUT2D eigenvalue weighted by molar-refractivity contribution is 0.581. The third-order valence-corrected chi connectivity index (χ3v) is 5.18. The van der Waals surface area contributed by atoms with E-state index in [-0.39, 0.29) is 17.5 Å². The fraction of sp³-hybridized carbons (Fsp3) is 0.308. The Balaban J connectivity index is 2.09. The van der Waals surface area contributed by atoms with Crippen molar-refractivity contribution < 1.29 is 8.42 Å². The molecule has 0 amide bonds. The van der Waals surface area contributed by atoms with Gasteiger partial charge in [-0.3, -0.25) is 0 Å². The lowest BCUT2D eigenvalue weighted by atomic mass is 10.1. The van der Waals surface area contributed by atoms with Gasteiger partial charge in [0.05, 0.1) is 11.4 Å². The van der Waals surface area contributed by atoms with Gasteiger partial charge in [0.2, 0.25) is 10.0 Å². The summed E-state index contributed by atoms with van der Waals surface area (Å²) >= 11 is 1.44. The van der Waals surface area contributed by atoms with E-state index >= 15 is 0 Å². The highest BCUT2D eigenvalue weighted by molar-refractivity contribution is 7.89. The lowest BCUT2D eigenvalue weighted by Crippen LogP contribution is -2.23. The molecule has 0 fully saturated rings. The molecule has 2 aromatic rings. The van der Waals surface area contributed by atoms with Crippen molar-refractivity contribution in [2.24, 2.45) is 5.73 Å². The van der Waals surface area contributed by atoms with Gasteiger partial charge in [-0.05, 0) is 31.5 Å². The number of hydrogen-bond acceptors (Lipinski definition) is 5. The molecular formula is C13H17N3O2S2. The van der Waals surface area contributed by atoms with Crippen molar-refractivity contribution in [3.63, 3.8) is 0 Å². The molecule has 0 saturated heterocycles. The van der Waals surface area contributed by atoms with Crippen molar-refractivity contribution in [3.05, 3.63) is 45.9 Å². The minimum absolute atomic E-state index is 0.113. The molecule has 1 aromatic heterocycles. The van der Waals surface area contributed by atoms with Gasteiger partial charge in [-0.15, -0.1) is 11.3 Å². The van der Waals surface area contributed by atoms with Crippen LogP contribution in [0.5, 0.6) is 0 Å². The number of sulfonamides is 1. The molecule has 2 rings (SSSR count). The Labute approximate surface area is 122 Å². The topological polar surface area (TPSA) is 85.1 Å². The van der Waals surface area contributed by atoms with Crippen LogP contribution in [0.15, 0.2) is 34.5 Å². The average molecular weight is 311 g/mol. The summed E-state index contributed by atoms with van der Waals surface area (Å²) in [5.74, 6) is 0. The van der Waals surface area contributed by atoms with Crippen LogP contribution in [0.4, 0.5) is 0 Å². The summed E-state index contributed by atoms with van der Waals surface area (Å²) in [4.78, 5) is 4.45. The molecule has 108 valence electrons. The summed E-state index contributed by atoms with van der Waals surface area (Å²) in [6, 6.07) is 6.47. The molecular weight excluding hydrogens is 294 g/mol. The zero-order valence-corrected chi connectivity index (χ0v) is 13.0. The molecule has 5 nitrogen and oxygen atoms in total. The van der Waals surface area contributed by atoms with Crippen molar-refractivity contribution in [2.75, 3.05) is 0 Å². The molecule has 0 aliphatic heterocycles. The molecule has 0 bridgehead atoms. The van der Waals surface area contributed by atoms with Crippen LogP contribution in [0.3, 0.4) is 0 Å². The number of hydrogen-bond donors (Lipinski definition) is 2. The SMILES string of the molecule is Cc1csc(CNS(=O)(=O)c2ccc(C(C)N)cc2)n1. The van der Waals surface area contributed by atoms with Gasteiger partial charge in [-0.1, -0.05) is 12.1 Å². The summed E-state index contributed by atoms with van der Waals surface area (Å²) in [6.07, 6.45) is 0. The summed E-state index contributed by atoms with van der Waals surface area (Å²) in [5, 5.41) is 2.64. The van der Waals surface area contributed by atoms with Gasteiger partial charge in [0, 0.05) is 17.1 Å². The first kappa shape index (κ1) is 15.1. The summed E-state index contributed by atoms with van der Waals surface area (Å²) < 4.78 is 26.8. The Morgan fingerprint density at radius 3 is 2.50 bits per heavy atom. The predicted molar refractivity (Wildman–Crippen MR) is 79.9 cm³/mol. The highest BCUT2D eigenvalue weighted by atomic mass is 32.2. The Hall–Kier alpha value is -1.28. The van der Waals surface area contributed by atoms with Crippen molar-refractivity contribution in [3.8, 4) is 0 Å². The smallest absolute Gasteiger partial charge is 0.240 e. The van der Waals surface area contributed by atoms with Crippen molar-refractivity contribution in [1.29, 1.82) is 0 Å². The average Bonchev–Trinajstić information content (AvgIpc) is 2.82. The van der Waals surface area contributed by atoms with Gasteiger partial charge in [0.25, 0.3) is 0 Å². The van der Waals surface area contributed by atoms with E-state index in [4.69, 9.17) is 5.73 Å². The second-order valence-electron chi connectivity index (χ2n) is 4.56. The number of rotatable bonds is 5. The van der Waals surface area contributed by atoms with E-state index in [9.17, 15) is 8.42 Å². The summed E-state index contributed by atoms with van der Waals surface area (Å²) in [6.45, 7) is 3.93. The van der Waals surface area contributed by atoms with Crippen LogP contribution in [-0.4, -0.2) is 13.4 Å². The van der Waals surface area contributed by atoms with Gasteiger partial charge >= 0.3 is 0 Å². The van der Waals surface area contributed by atoms with Crippen molar-refractivity contribution >= 4 is 21.4 Å². The Morgan fingerprint density at radius 1 is 1.35 bits per heavy atom. The molecule has 0 saturated carbocycles. The van der Waals surface area contributed by atoms with Crippen LogP contribution in [0.2, 0.25) is 0 Å². The fourth-order valence-electron chi connectivity index (χ4n) is 1.67. The van der Waals surface area contributed by atoms with Crippen LogP contribution in [0, 0.1) is 6.92 Å². The minimum Gasteiger partial charge on any atom is -0.324 e. The fourth-order valence-corrected chi connectivity index (χ4v) is 3.47. The normalized spacial score (nSPS) is 13.3. The highest BCUT2D eigenvalue weighted by Gasteiger charge is 2.14. The van der Waals surface area contributed by atoms with E-state index in [0.717, 1.165) is 16.3 Å². The van der Waals surface area contributed by atoms with Crippen molar-refractivity contribution in [2.45, 2.75) is 31.3 Å². The monoisotopic (exact) mass is 311 g/mol. The Morgan fingerprint density at radius 2 is 2.00 bits per heavy atom. The number of nitrogens with zero attached hydrogens (tertiary/aromatic N) is 1. The number of nitrogens with two attached hydrogens (primary N) is 1. The van der Waals surface area contributed by atoms with Gasteiger partial charge in [-0.25, -0.2) is 18.1 Å². The van der Waals surface area contributed by atoms with E-state index < -0.39 is 10.0 Å². The molecule has 1 heterocycles. The zero-order chi connectivity index (χ0) is 14.8. The van der Waals surface area contributed by atoms with E-state index in [1.165, 1.54) is 11.3 Å². The molecule has 1 unspecified atom stereocenters. The predicted octanol–water partition coefficient (Wildman–Crippen LogP) is 1.95. The standard InChI is InChI=1S/C13H17N3O2S2/c1-9-8-19-13(16-9)7-15-20(17,18)12-5-3-11(4-6-12)10(2)14/h3-6,8,10,15H,7,14H2,1-2H3. The maximum absolute atomic E-state index is 12.1. The number of nitrogens with one attached hydrogen (secondary N) is 1. The van der Waals surface area contributed by atoms with Gasteiger partial charge < -0.3 is 5.73 Å². The Kier molecular flexibility index (Phi) is 4.54. The second kappa shape index (κ2) is 6.01. The van der Waals surface area contributed by atoms with Crippen LogP contribution in [0.25, 0.3) is 0 Å². The third kappa shape index (κ3) is 3.63. The molecule has 1 aromatic carbocycles. The Bertz CT molecular complexity index is 676. The molecule has 0 aliphatic carbocycles. The minimum atomic E-state index is -3.52. The van der Waals surface area contributed by atoms with Crippen LogP contribution < -0.4 is 10.5 Å².